The van der Waals surface area contributed by atoms with Gasteiger partial charge in [-0.15, -0.1) is 0 Å². The zero-order valence-electron chi connectivity index (χ0n) is 13.0. The Labute approximate surface area is 124 Å². The second-order valence-electron chi connectivity index (χ2n) is 6.60. The third kappa shape index (κ3) is 6.55. The summed E-state index contributed by atoms with van der Waals surface area (Å²) in [6.45, 7) is 1.66. The van der Waals surface area contributed by atoms with Gasteiger partial charge in [-0.3, -0.25) is 0 Å². The third-order valence-electron chi connectivity index (χ3n) is 4.79. The minimum absolute atomic E-state index is 0.238. The van der Waals surface area contributed by atoms with E-state index in [1.165, 1.54) is 64.2 Å². The first kappa shape index (κ1) is 16.3. The zero-order valence-corrected chi connectivity index (χ0v) is 13.0. The molecule has 3 nitrogen and oxygen atoms in total. The van der Waals surface area contributed by atoms with Crippen molar-refractivity contribution in [3.63, 3.8) is 0 Å². The first-order chi connectivity index (χ1) is 9.84. The largest absolute Gasteiger partial charge is 0.378 e. The maximum absolute atomic E-state index is 6.14. The van der Waals surface area contributed by atoms with Crippen molar-refractivity contribution in [3.05, 3.63) is 0 Å². The topological polar surface area (TPSA) is 44.5 Å². The van der Waals surface area contributed by atoms with Crippen LogP contribution in [0.25, 0.3) is 0 Å². The van der Waals surface area contributed by atoms with Gasteiger partial charge in [-0.05, 0) is 38.5 Å². The zero-order chi connectivity index (χ0) is 14.0. The smallest absolute Gasteiger partial charge is 0.0575 e. The molecule has 0 spiro atoms. The number of rotatable bonds is 8. The molecule has 2 N–H and O–H groups in total. The number of nitrogens with two attached hydrogens (primary N) is 1. The second kappa shape index (κ2) is 9.75. The summed E-state index contributed by atoms with van der Waals surface area (Å²) in [5, 5.41) is 0. The van der Waals surface area contributed by atoms with Gasteiger partial charge in [-0.25, -0.2) is 0 Å². The minimum atomic E-state index is 0.238. The molecule has 118 valence electrons. The van der Waals surface area contributed by atoms with Crippen molar-refractivity contribution in [1.29, 1.82) is 0 Å². The minimum Gasteiger partial charge on any atom is -0.378 e. The van der Waals surface area contributed by atoms with Gasteiger partial charge in [0.05, 0.1) is 12.2 Å². The summed E-state index contributed by atoms with van der Waals surface area (Å²) in [6, 6.07) is 0.238. The van der Waals surface area contributed by atoms with E-state index >= 15 is 0 Å². The Balaban J connectivity index is 1.44. The first-order valence-corrected chi connectivity index (χ1v) is 8.83. The van der Waals surface area contributed by atoms with Crippen LogP contribution >= 0.6 is 0 Å². The molecule has 2 aliphatic carbocycles. The van der Waals surface area contributed by atoms with E-state index in [2.05, 4.69) is 0 Å². The molecule has 0 aromatic rings. The average molecular weight is 283 g/mol. The average Bonchev–Trinajstić information content (AvgIpc) is 2.49. The molecule has 0 aromatic carbocycles. The van der Waals surface area contributed by atoms with Crippen molar-refractivity contribution in [3.8, 4) is 0 Å². The van der Waals surface area contributed by atoms with Crippen LogP contribution in [0.5, 0.6) is 0 Å². The van der Waals surface area contributed by atoms with Gasteiger partial charge >= 0.3 is 0 Å². The summed E-state index contributed by atoms with van der Waals surface area (Å²) in [5.74, 6) is 0. The number of ether oxygens (including phenoxy) is 2. The van der Waals surface area contributed by atoms with E-state index < -0.39 is 0 Å². The van der Waals surface area contributed by atoms with Gasteiger partial charge < -0.3 is 15.2 Å². The van der Waals surface area contributed by atoms with Crippen LogP contribution in [0.2, 0.25) is 0 Å². The predicted octanol–water partition coefficient (Wildman–Crippen LogP) is 3.79. The Morgan fingerprint density at radius 3 is 1.50 bits per heavy atom. The van der Waals surface area contributed by atoms with Crippen LogP contribution < -0.4 is 5.73 Å². The Morgan fingerprint density at radius 2 is 1.10 bits per heavy atom. The highest BCUT2D eigenvalue weighted by molar-refractivity contribution is 4.68. The lowest BCUT2D eigenvalue weighted by atomic mass is 9.98. The van der Waals surface area contributed by atoms with Crippen molar-refractivity contribution in [1.82, 2.24) is 0 Å². The van der Waals surface area contributed by atoms with Crippen LogP contribution in [0.4, 0.5) is 0 Å². The van der Waals surface area contributed by atoms with E-state index in [4.69, 9.17) is 15.2 Å². The van der Waals surface area contributed by atoms with Crippen LogP contribution in [0.1, 0.15) is 77.0 Å². The van der Waals surface area contributed by atoms with Gasteiger partial charge in [-0.1, -0.05) is 38.5 Å². The SMILES string of the molecule is NC(CCOC1CCCCC1)CCOC1CCCCC1. The van der Waals surface area contributed by atoms with Crippen LogP contribution in [-0.2, 0) is 9.47 Å². The van der Waals surface area contributed by atoms with E-state index in [1.54, 1.807) is 0 Å². The molecule has 0 saturated heterocycles. The van der Waals surface area contributed by atoms with Crippen LogP contribution in [0, 0.1) is 0 Å². The molecule has 20 heavy (non-hydrogen) atoms. The van der Waals surface area contributed by atoms with Crippen LogP contribution in [0.3, 0.4) is 0 Å². The summed E-state index contributed by atoms with van der Waals surface area (Å²) in [6.07, 6.45) is 16.1. The molecule has 3 heteroatoms. The monoisotopic (exact) mass is 283 g/mol. The molecule has 0 amide bonds. The van der Waals surface area contributed by atoms with Crippen molar-refractivity contribution in [2.24, 2.45) is 5.73 Å². The van der Waals surface area contributed by atoms with E-state index in [9.17, 15) is 0 Å². The Bertz CT molecular complexity index is 211. The first-order valence-electron chi connectivity index (χ1n) is 8.83. The molecule has 0 heterocycles. The summed E-state index contributed by atoms with van der Waals surface area (Å²) < 4.78 is 11.9. The van der Waals surface area contributed by atoms with Crippen molar-refractivity contribution in [2.45, 2.75) is 95.3 Å². The number of hydrogen-bond acceptors (Lipinski definition) is 3. The third-order valence-corrected chi connectivity index (χ3v) is 4.79. The van der Waals surface area contributed by atoms with Gasteiger partial charge in [0.1, 0.15) is 0 Å². The lowest BCUT2D eigenvalue weighted by Gasteiger charge is -2.24. The number of hydrogen-bond donors (Lipinski definition) is 1. The van der Waals surface area contributed by atoms with Gasteiger partial charge in [-0.2, -0.15) is 0 Å². The quantitative estimate of drug-likeness (QED) is 0.737. The fraction of sp³-hybridized carbons (Fsp3) is 1.00. The van der Waals surface area contributed by atoms with Crippen molar-refractivity contribution >= 4 is 0 Å². The van der Waals surface area contributed by atoms with Crippen molar-refractivity contribution < 1.29 is 9.47 Å². The molecule has 0 unspecified atom stereocenters. The van der Waals surface area contributed by atoms with Gasteiger partial charge in [0.25, 0.3) is 0 Å². The molecule has 2 saturated carbocycles. The molecule has 0 aliphatic heterocycles. The molecule has 0 atom stereocenters. The summed E-state index contributed by atoms with van der Waals surface area (Å²) in [5.41, 5.74) is 6.14. The molecular formula is C17H33NO2. The Kier molecular flexibility index (Phi) is 7.92. The normalized spacial score (nSPS) is 22.5. The maximum Gasteiger partial charge on any atom is 0.0575 e. The van der Waals surface area contributed by atoms with Gasteiger partial charge in [0.15, 0.2) is 0 Å². The highest BCUT2D eigenvalue weighted by Gasteiger charge is 2.15. The second-order valence-corrected chi connectivity index (χ2v) is 6.60. The summed E-state index contributed by atoms with van der Waals surface area (Å²) in [4.78, 5) is 0. The van der Waals surface area contributed by atoms with E-state index in [-0.39, 0.29) is 6.04 Å². The van der Waals surface area contributed by atoms with E-state index in [0.29, 0.717) is 12.2 Å². The fourth-order valence-electron chi connectivity index (χ4n) is 3.38. The van der Waals surface area contributed by atoms with E-state index in [0.717, 1.165) is 26.1 Å². The lowest BCUT2D eigenvalue weighted by molar-refractivity contribution is 0.0137. The van der Waals surface area contributed by atoms with E-state index in [1.807, 2.05) is 0 Å². The lowest BCUT2D eigenvalue weighted by Crippen LogP contribution is -2.27. The molecule has 2 fully saturated rings. The Hall–Kier alpha value is -0.120. The Morgan fingerprint density at radius 1 is 0.700 bits per heavy atom. The fourth-order valence-corrected chi connectivity index (χ4v) is 3.38. The van der Waals surface area contributed by atoms with Crippen molar-refractivity contribution in [2.75, 3.05) is 13.2 Å². The summed E-state index contributed by atoms with van der Waals surface area (Å²) >= 11 is 0. The summed E-state index contributed by atoms with van der Waals surface area (Å²) in [7, 11) is 0. The van der Waals surface area contributed by atoms with Gasteiger partial charge in [0.2, 0.25) is 0 Å². The molecule has 0 bridgehead atoms. The molecule has 0 aromatic heterocycles. The van der Waals surface area contributed by atoms with Crippen LogP contribution in [0.15, 0.2) is 0 Å². The highest BCUT2D eigenvalue weighted by Crippen LogP contribution is 2.21. The van der Waals surface area contributed by atoms with Gasteiger partial charge in [0, 0.05) is 19.3 Å². The molecular weight excluding hydrogens is 250 g/mol. The highest BCUT2D eigenvalue weighted by atomic mass is 16.5. The maximum atomic E-state index is 6.14. The molecule has 2 aliphatic rings. The molecule has 0 radical (unpaired) electrons. The van der Waals surface area contributed by atoms with Crippen LogP contribution in [-0.4, -0.2) is 31.5 Å². The standard InChI is InChI=1S/C17H33NO2/c18-15(11-13-19-16-7-3-1-4-8-16)12-14-20-17-9-5-2-6-10-17/h15-17H,1-14,18H2. The molecule has 2 rings (SSSR count). The predicted molar refractivity (Wildman–Crippen MR) is 82.9 cm³/mol.